The van der Waals surface area contributed by atoms with Gasteiger partial charge in [0.2, 0.25) is 0 Å². The molecule has 9 heteroatoms. The Morgan fingerprint density at radius 1 is 1.10 bits per heavy atom. The van der Waals surface area contributed by atoms with Crippen LogP contribution in [0.3, 0.4) is 0 Å². The maximum absolute atomic E-state index is 13.3. The molecule has 158 valence electrons. The zero-order valence-corrected chi connectivity index (χ0v) is 19.5. The van der Waals surface area contributed by atoms with Crippen LogP contribution in [0.5, 0.6) is 0 Å². The number of thiazole rings is 1. The summed E-state index contributed by atoms with van der Waals surface area (Å²) in [5.74, 6) is 1.83. The number of amides is 1. The molecule has 4 heterocycles. The van der Waals surface area contributed by atoms with Gasteiger partial charge in [0.05, 0.1) is 21.7 Å². The molecule has 0 aliphatic carbocycles. The monoisotopic (exact) mass is 467 g/mol. The van der Waals surface area contributed by atoms with Gasteiger partial charge in [-0.1, -0.05) is 12.1 Å². The normalized spacial score (nSPS) is 14.4. The Morgan fingerprint density at radius 3 is 2.74 bits per heavy atom. The largest absolute Gasteiger partial charge is 0.352 e. The molecular formula is C22H21N5OS3. The number of piperazine rings is 1. The molecule has 0 radical (unpaired) electrons. The van der Waals surface area contributed by atoms with Crippen LogP contribution in [0.15, 0.2) is 52.3 Å². The number of carbonyl (C=O) groups is 1. The third-order valence-electron chi connectivity index (χ3n) is 5.27. The van der Waals surface area contributed by atoms with Gasteiger partial charge < -0.3 is 9.80 Å². The molecule has 0 unspecified atom stereocenters. The fourth-order valence-corrected chi connectivity index (χ4v) is 6.10. The van der Waals surface area contributed by atoms with E-state index in [-0.39, 0.29) is 5.91 Å². The van der Waals surface area contributed by atoms with Crippen molar-refractivity contribution in [2.45, 2.75) is 17.6 Å². The fraction of sp³-hybridized carbons (Fsp3) is 0.273. The molecule has 1 amide bonds. The van der Waals surface area contributed by atoms with E-state index in [2.05, 4.69) is 31.3 Å². The van der Waals surface area contributed by atoms with Gasteiger partial charge in [0.25, 0.3) is 5.91 Å². The molecule has 1 aliphatic heterocycles. The molecule has 3 aromatic heterocycles. The molecule has 0 spiro atoms. The highest BCUT2D eigenvalue weighted by Crippen LogP contribution is 2.30. The fourth-order valence-electron chi connectivity index (χ4n) is 3.72. The van der Waals surface area contributed by atoms with E-state index in [1.807, 2.05) is 41.5 Å². The lowest BCUT2D eigenvalue weighted by Crippen LogP contribution is -2.49. The summed E-state index contributed by atoms with van der Waals surface area (Å²) >= 11 is 4.96. The summed E-state index contributed by atoms with van der Waals surface area (Å²) in [7, 11) is 0. The Morgan fingerprint density at radius 2 is 1.94 bits per heavy atom. The topological polar surface area (TPSA) is 62.2 Å². The summed E-state index contributed by atoms with van der Waals surface area (Å²) < 4.78 is 0. The van der Waals surface area contributed by atoms with Gasteiger partial charge in [-0.25, -0.2) is 15.0 Å². The molecule has 1 saturated heterocycles. The summed E-state index contributed by atoms with van der Waals surface area (Å²) in [5.41, 5.74) is 1.84. The minimum Gasteiger partial charge on any atom is -0.352 e. The third kappa shape index (κ3) is 4.30. The van der Waals surface area contributed by atoms with Crippen LogP contribution in [0.1, 0.15) is 21.1 Å². The second-order valence-corrected chi connectivity index (χ2v) is 10.2. The molecule has 0 saturated carbocycles. The number of hydrogen-bond acceptors (Lipinski definition) is 8. The van der Waals surface area contributed by atoms with Gasteiger partial charge in [0.15, 0.2) is 0 Å². The number of thioether (sulfide) groups is 1. The zero-order valence-electron chi connectivity index (χ0n) is 17.0. The van der Waals surface area contributed by atoms with Crippen molar-refractivity contribution < 1.29 is 4.79 Å². The first-order valence-corrected chi connectivity index (χ1v) is 12.8. The highest BCUT2D eigenvalue weighted by molar-refractivity contribution is 7.98. The van der Waals surface area contributed by atoms with Gasteiger partial charge in [0, 0.05) is 42.2 Å². The second kappa shape index (κ2) is 8.94. The van der Waals surface area contributed by atoms with Gasteiger partial charge >= 0.3 is 0 Å². The van der Waals surface area contributed by atoms with E-state index >= 15 is 0 Å². The number of aromatic nitrogens is 3. The molecule has 5 rings (SSSR count). The second-order valence-electron chi connectivity index (χ2n) is 7.26. The number of aryl methyl sites for hydroxylation is 1. The highest BCUT2D eigenvalue weighted by atomic mass is 32.2. The Bertz CT molecular complexity index is 1210. The number of hydrogen-bond donors (Lipinski definition) is 0. The van der Waals surface area contributed by atoms with Gasteiger partial charge in [0.1, 0.15) is 17.0 Å². The van der Waals surface area contributed by atoms with Crippen LogP contribution >= 0.6 is 34.4 Å². The summed E-state index contributed by atoms with van der Waals surface area (Å²) in [6.07, 6.45) is 1.63. The van der Waals surface area contributed by atoms with Crippen LogP contribution in [0.4, 0.5) is 5.82 Å². The molecular weight excluding hydrogens is 446 g/mol. The summed E-state index contributed by atoms with van der Waals surface area (Å²) in [6, 6.07) is 9.97. The van der Waals surface area contributed by atoms with Crippen LogP contribution in [-0.2, 0) is 5.75 Å². The van der Waals surface area contributed by atoms with Crippen molar-refractivity contribution in [1.29, 1.82) is 0 Å². The number of thiophene rings is 1. The first-order chi connectivity index (χ1) is 15.2. The van der Waals surface area contributed by atoms with Crippen LogP contribution in [-0.4, -0.2) is 51.9 Å². The summed E-state index contributed by atoms with van der Waals surface area (Å²) in [4.78, 5) is 32.9. The SMILES string of the molecule is Cc1nc(CSc2ccccc2C(=O)N2CCN(c3ncnc4sccc34)CC2)cs1. The van der Waals surface area contributed by atoms with E-state index in [4.69, 9.17) is 0 Å². The molecule has 0 atom stereocenters. The highest BCUT2D eigenvalue weighted by Gasteiger charge is 2.25. The minimum atomic E-state index is 0.0978. The van der Waals surface area contributed by atoms with Gasteiger partial charge in [-0.2, -0.15) is 0 Å². The summed E-state index contributed by atoms with van der Waals surface area (Å²) in [6.45, 7) is 4.90. The van der Waals surface area contributed by atoms with Crippen LogP contribution in [0.25, 0.3) is 10.2 Å². The Labute approximate surface area is 193 Å². The van der Waals surface area contributed by atoms with E-state index in [1.54, 1.807) is 40.8 Å². The van der Waals surface area contributed by atoms with Crippen molar-refractivity contribution in [1.82, 2.24) is 19.9 Å². The lowest BCUT2D eigenvalue weighted by Gasteiger charge is -2.35. The van der Waals surface area contributed by atoms with E-state index in [0.29, 0.717) is 13.1 Å². The molecule has 0 bridgehead atoms. The van der Waals surface area contributed by atoms with Gasteiger partial charge in [-0.05, 0) is 30.5 Å². The minimum absolute atomic E-state index is 0.0978. The molecule has 31 heavy (non-hydrogen) atoms. The zero-order chi connectivity index (χ0) is 21.2. The lowest BCUT2D eigenvalue weighted by molar-refractivity contribution is 0.0743. The maximum Gasteiger partial charge on any atom is 0.255 e. The Kier molecular flexibility index (Phi) is 5.89. The smallest absolute Gasteiger partial charge is 0.255 e. The average molecular weight is 468 g/mol. The Balaban J connectivity index is 1.27. The number of benzene rings is 1. The van der Waals surface area contributed by atoms with E-state index in [1.165, 1.54) is 0 Å². The number of fused-ring (bicyclic) bond motifs is 1. The first-order valence-electron chi connectivity index (χ1n) is 10.0. The van der Waals surface area contributed by atoms with Crippen molar-refractivity contribution in [3.05, 3.63) is 63.7 Å². The van der Waals surface area contributed by atoms with E-state index in [9.17, 15) is 4.79 Å². The van der Waals surface area contributed by atoms with Crippen molar-refractivity contribution in [2.75, 3.05) is 31.1 Å². The van der Waals surface area contributed by atoms with Crippen LogP contribution < -0.4 is 4.90 Å². The summed E-state index contributed by atoms with van der Waals surface area (Å²) in [5, 5.41) is 6.29. The number of rotatable bonds is 5. The van der Waals surface area contributed by atoms with E-state index in [0.717, 1.165) is 56.0 Å². The number of carbonyl (C=O) groups excluding carboxylic acids is 1. The van der Waals surface area contributed by atoms with Gasteiger partial charge in [-0.3, -0.25) is 4.79 Å². The Hall–Kier alpha value is -2.49. The quantitative estimate of drug-likeness (QED) is 0.396. The predicted molar refractivity (Wildman–Crippen MR) is 128 cm³/mol. The molecule has 1 fully saturated rings. The standard InChI is InChI=1S/C22H21N5OS3/c1-15-25-16(12-30-15)13-31-19-5-3-2-4-17(19)22(28)27-9-7-26(8-10-27)20-18-6-11-29-21(18)24-14-23-20/h2-6,11-12,14H,7-10,13H2,1H3. The lowest BCUT2D eigenvalue weighted by atomic mass is 10.1. The predicted octanol–water partition coefficient (Wildman–Crippen LogP) is 4.71. The maximum atomic E-state index is 13.3. The van der Waals surface area contributed by atoms with Crippen molar-refractivity contribution in [3.8, 4) is 0 Å². The molecule has 0 N–H and O–H groups in total. The van der Waals surface area contributed by atoms with Crippen LogP contribution in [0, 0.1) is 6.92 Å². The number of anilines is 1. The van der Waals surface area contributed by atoms with Gasteiger partial charge in [-0.15, -0.1) is 34.4 Å². The number of nitrogens with zero attached hydrogens (tertiary/aromatic N) is 5. The molecule has 4 aromatic rings. The van der Waals surface area contributed by atoms with Crippen molar-refractivity contribution in [3.63, 3.8) is 0 Å². The van der Waals surface area contributed by atoms with Crippen molar-refractivity contribution in [2.24, 2.45) is 0 Å². The first kappa shape index (κ1) is 20.4. The van der Waals surface area contributed by atoms with E-state index < -0.39 is 0 Å². The molecule has 6 nitrogen and oxygen atoms in total. The molecule has 1 aromatic carbocycles. The average Bonchev–Trinajstić information content (AvgIpc) is 3.46. The molecule has 1 aliphatic rings. The van der Waals surface area contributed by atoms with Crippen molar-refractivity contribution >= 4 is 56.4 Å². The third-order valence-corrected chi connectivity index (χ3v) is 8.02. The van der Waals surface area contributed by atoms with Crippen LogP contribution in [0.2, 0.25) is 0 Å².